The molecule has 0 aliphatic heterocycles. The summed E-state index contributed by atoms with van der Waals surface area (Å²) in [5.74, 6) is 0. The van der Waals surface area contributed by atoms with Gasteiger partial charge in [-0.1, -0.05) is 0 Å². The molecule has 0 nitrogen and oxygen atoms in total. The molecule has 2 aliphatic carbocycles. The van der Waals surface area contributed by atoms with Crippen molar-refractivity contribution in [2.45, 2.75) is 49.0 Å². The Morgan fingerprint density at radius 3 is 1.50 bits per heavy atom. The van der Waals surface area contributed by atoms with Crippen LogP contribution in [0.3, 0.4) is 0 Å². The zero-order chi connectivity index (χ0) is 18.4. The van der Waals surface area contributed by atoms with Crippen molar-refractivity contribution in [3.8, 4) is 0 Å². The van der Waals surface area contributed by atoms with E-state index in [1.807, 2.05) is 0 Å². The number of aryl methyl sites for hydroxylation is 2. The molecule has 2 unspecified atom stereocenters. The third kappa shape index (κ3) is 3.90. The van der Waals surface area contributed by atoms with Crippen molar-refractivity contribution in [3.05, 3.63) is 81.9 Å². The Bertz CT molecular complexity index is 891. The first-order chi connectivity index (χ1) is 12.5. The van der Waals surface area contributed by atoms with Crippen LogP contribution in [0.2, 0.25) is 0 Å². The van der Waals surface area contributed by atoms with E-state index in [4.69, 9.17) is 4.82 Å². The molecule has 0 fully saturated rings. The van der Waals surface area contributed by atoms with Gasteiger partial charge in [-0.25, -0.2) is 0 Å². The van der Waals surface area contributed by atoms with Crippen LogP contribution in [0.4, 0.5) is 0 Å². The van der Waals surface area contributed by atoms with E-state index < -0.39 is 17.4 Å². The molecule has 0 radical (unpaired) electrons. The fraction of sp³-hybridized carbons (Fsp3) is 0.320. The van der Waals surface area contributed by atoms with Crippen molar-refractivity contribution in [1.82, 2.24) is 0 Å². The molecule has 28 heavy (non-hydrogen) atoms. The first kappa shape index (κ1) is 23.4. The monoisotopic (exact) mass is 446 g/mol. The quantitative estimate of drug-likeness (QED) is 0.599. The molecule has 3 heteroatoms. The van der Waals surface area contributed by atoms with Gasteiger partial charge in [0.1, 0.15) is 0 Å². The summed E-state index contributed by atoms with van der Waals surface area (Å²) in [6.07, 6.45) is 7.26. The number of rotatable bonds is 4. The Balaban J connectivity index is 0.00000140. The van der Waals surface area contributed by atoms with E-state index in [1.54, 1.807) is 0 Å². The van der Waals surface area contributed by atoms with Crippen molar-refractivity contribution in [2.75, 3.05) is 0 Å². The molecule has 0 spiro atoms. The maximum atomic E-state index is 4.83. The molecule has 0 bridgehead atoms. The summed E-state index contributed by atoms with van der Waals surface area (Å²) in [5.41, 5.74) is 11.8. The summed E-state index contributed by atoms with van der Waals surface area (Å²) in [4.78, 5) is 4.83. The molecule has 146 valence electrons. The summed E-state index contributed by atoms with van der Waals surface area (Å²) < 4.78 is 1.14. The standard InChI is InChI=1S/2C12H13.CH2.2ClH.Ti/c2*1-3-10-5-7-11-6-4-9(2)12(11)8-10;;;;/h2*4-8H,3H2,1-2H3;1H2;2*1H;/q;;;;;+2/p-2. The zero-order valence-electron chi connectivity index (χ0n) is 17.2. The molecule has 2 atom stereocenters. The number of halogens is 2. The predicted octanol–water partition coefficient (Wildman–Crippen LogP) is 0.486. The molecular weight excluding hydrogens is 419 g/mol. The first-order valence-electron chi connectivity index (χ1n) is 9.85. The second kappa shape index (κ2) is 9.27. The van der Waals surface area contributed by atoms with Crippen molar-refractivity contribution >= 4 is 16.0 Å². The maximum Gasteiger partial charge on any atom is -1.00 e. The third-order valence-corrected chi connectivity index (χ3v) is 10.2. The van der Waals surface area contributed by atoms with E-state index in [9.17, 15) is 0 Å². The minimum absolute atomic E-state index is 0. The zero-order valence-corrected chi connectivity index (χ0v) is 20.2. The maximum absolute atomic E-state index is 4.83. The van der Waals surface area contributed by atoms with Crippen LogP contribution in [0, 0.1) is 0 Å². The van der Waals surface area contributed by atoms with E-state index in [1.165, 1.54) is 44.5 Å². The number of benzene rings is 2. The van der Waals surface area contributed by atoms with Crippen molar-refractivity contribution in [1.29, 1.82) is 0 Å². The number of hydrogen-bond acceptors (Lipinski definition) is 0. The van der Waals surface area contributed by atoms with Crippen molar-refractivity contribution in [2.24, 2.45) is 0 Å². The SMILES string of the molecule is [CH2]=[Ti+2]([CH]1C=C(C)c2cc(CC)ccc21)[CH]1C=C(C)c2cc(CC)ccc21.[Cl-].[Cl-]. The van der Waals surface area contributed by atoms with E-state index in [0.29, 0.717) is 8.45 Å². The molecule has 2 aromatic rings. The van der Waals surface area contributed by atoms with Gasteiger partial charge in [-0.15, -0.1) is 0 Å². The molecule has 2 aromatic carbocycles. The molecule has 0 saturated heterocycles. The fourth-order valence-electron chi connectivity index (χ4n) is 4.54. The minimum atomic E-state index is -1.64. The smallest absolute Gasteiger partial charge is 1.00 e. The normalized spacial score (nSPS) is 18.7. The Hall–Kier alpha value is -0.916. The largest absolute Gasteiger partial charge is 1.00 e. The molecule has 0 aromatic heterocycles. The fourth-order valence-corrected chi connectivity index (χ4v) is 8.63. The molecule has 2 aliphatic rings. The summed E-state index contributed by atoms with van der Waals surface area (Å²) in [6, 6.07) is 14.2. The summed E-state index contributed by atoms with van der Waals surface area (Å²) >= 11 is -1.64. The Morgan fingerprint density at radius 2 is 1.14 bits per heavy atom. The Morgan fingerprint density at radius 1 is 0.750 bits per heavy atom. The van der Waals surface area contributed by atoms with Gasteiger partial charge in [-0.2, -0.15) is 0 Å². The van der Waals surface area contributed by atoms with Crippen LogP contribution in [0.15, 0.2) is 48.6 Å². The van der Waals surface area contributed by atoms with Crippen LogP contribution in [-0.2, 0) is 30.2 Å². The van der Waals surface area contributed by atoms with Gasteiger partial charge in [-0.05, 0) is 0 Å². The summed E-state index contributed by atoms with van der Waals surface area (Å²) in [6.45, 7) is 9.03. The van der Waals surface area contributed by atoms with Crippen molar-refractivity contribution in [3.63, 3.8) is 0 Å². The molecule has 0 saturated carbocycles. The van der Waals surface area contributed by atoms with Crippen LogP contribution < -0.4 is 24.8 Å². The van der Waals surface area contributed by atoms with Crippen LogP contribution in [0.1, 0.15) is 69.5 Å². The summed E-state index contributed by atoms with van der Waals surface area (Å²) in [5, 5.41) is 0. The van der Waals surface area contributed by atoms with Crippen LogP contribution in [0.25, 0.3) is 11.1 Å². The molecule has 0 N–H and O–H groups in total. The van der Waals surface area contributed by atoms with Crippen LogP contribution >= 0.6 is 0 Å². The van der Waals surface area contributed by atoms with Crippen LogP contribution in [-0.4, -0.2) is 4.82 Å². The van der Waals surface area contributed by atoms with Gasteiger partial charge in [-0.3, -0.25) is 0 Å². The van der Waals surface area contributed by atoms with Gasteiger partial charge in [0.2, 0.25) is 0 Å². The second-order valence-electron chi connectivity index (χ2n) is 7.78. The van der Waals surface area contributed by atoms with Gasteiger partial charge >= 0.3 is 164 Å². The third-order valence-electron chi connectivity index (χ3n) is 6.20. The molecule has 4 rings (SSSR count). The average Bonchev–Trinajstić information content (AvgIpc) is 3.18. The number of fused-ring (bicyclic) bond motifs is 2. The van der Waals surface area contributed by atoms with Crippen molar-refractivity contribution < 1.29 is 42.2 Å². The summed E-state index contributed by atoms with van der Waals surface area (Å²) in [7, 11) is 0. The van der Waals surface area contributed by atoms with Gasteiger partial charge in [0, 0.05) is 0 Å². The van der Waals surface area contributed by atoms with E-state index in [0.717, 1.165) is 12.8 Å². The van der Waals surface area contributed by atoms with Gasteiger partial charge in [0.05, 0.1) is 0 Å². The van der Waals surface area contributed by atoms with E-state index in [-0.39, 0.29) is 24.8 Å². The first-order valence-corrected chi connectivity index (χ1v) is 12.8. The molecule has 0 amide bonds. The number of hydrogen-bond donors (Lipinski definition) is 0. The second-order valence-corrected chi connectivity index (χ2v) is 11.5. The van der Waals surface area contributed by atoms with E-state index >= 15 is 0 Å². The number of allylic oxidation sites excluding steroid dienone is 4. The van der Waals surface area contributed by atoms with Crippen LogP contribution in [0.5, 0.6) is 0 Å². The Kier molecular flexibility index (Phi) is 7.73. The molecule has 0 heterocycles. The predicted molar refractivity (Wildman–Crippen MR) is 112 cm³/mol. The van der Waals surface area contributed by atoms with Gasteiger partial charge in [0.25, 0.3) is 0 Å². The topological polar surface area (TPSA) is 0 Å². The average molecular weight is 447 g/mol. The minimum Gasteiger partial charge on any atom is -1.00 e. The molecular formula is C25H28Cl2Ti. The van der Waals surface area contributed by atoms with Gasteiger partial charge < -0.3 is 24.8 Å². The Labute approximate surface area is 188 Å². The van der Waals surface area contributed by atoms with E-state index in [2.05, 4.69) is 76.2 Å². The van der Waals surface area contributed by atoms with Gasteiger partial charge in [0.15, 0.2) is 0 Å².